The summed E-state index contributed by atoms with van der Waals surface area (Å²) in [7, 11) is 0. The zero-order valence-electron chi connectivity index (χ0n) is 4.66. The van der Waals surface area contributed by atoms with Gasteiger partial charge < -0.3 is 14.6 Å². The molecule has 0 saturated carbocycles. The van der Waals surface area contributed by atoms with Crippen molar-refractivity contribution in [2.75, 3.05) is 13.2 Å². The lowest BCUT2D eigenvalue weighted by Gasteiger charge is -1.94. The van der Waals surface area contributed by atoms with Gasteiger partial charge in [-0.25, -0.2) is 4.79 Å². The minimum absolute atomic E-state index is 0.0273. The average Bonchev–Trinajstić information content (AvgIpc) is 2.63. The predicted molar refractivity (Wildman–Crippen MR) is 27.2 cm³/mol. The molecule has 0 spiro atoms. The van der Waals surface area contributed by atoms with Crippen molar-refractivity contribution in [1.82, 2.24) is 0 Å². The molecule has 0 saturated heterocycles. The number of hydrogen-bond acceptors (Lipinski definition) is 4. The molecular formula is C5H6O4. The minimum atomic E-state index is -0.510. The number of aliphatic hydroxyl groups is 1. The van der Waals surface area contributed by atoms with E-state index in [0.29, 0.717) is 0 Å². The number of aliphatic hydroxyl groups excluding tert-OH is 1. The summed E-state index contributed by atoms with van der Waals surface area (Å²) in [5.74, 6) is -0.285. The van der Waals surface area contributed by atoms with Gasteiger partial charge in [0.1, 0.15) is 12.9 Å². The van der Waals surface area contributed by atoms with Crippen LogP contribution >= 0.6 is 0 Å². The van der Waals surface area contributed by atoms with E-state index in [0.717, 1.165) is 0 Å². The van der Waals surface area contributed by atoms with Gasteiger partial charge in [0, 0.05) is 0 Å². The van der Waals surface area contributed by atoms with Gasteiger partial charge in [-0.3, -0.25) is 0 Å². The van der Waals surface area contributed by atoms with Gasteiger partial charge in [0.05, 0.1) is 6.61 Å². The summed E-state index contributed by atoms with van der Waals surface area (Å²) in [4.78, 5) is 10.4. The molecule has 4 heteroatoms. The fraction of sp³-hybridized carbons (Fsp3) is 0.400. The van der Waals surface area contributed by atoms with Gasteiger partial charge in [-0.1, -0.05) is 0 Å². The molecule has 0 radical (unpaired) electrons. The second kappa shape index (κ2) is 2.50. The zero-order valence-corrected chi connectivity index (χ0v) is 4.66. The summed E-state index contributed by atoms with van der Waals surface area (Å²) in [5, 5.41) is 8.18. The summed E-state index contributed by atoms with van der Waals surface area (Å²) in [6, 6.07) is 0. The van der Waals surface area contributed by atoms with Crippen molar-refractivity contribution in [3.8, 4) is 0 Å². The van der Waals surface area contributed by atoms with Crippen LogP contribution in [0.2, 0.25) is 0 Å². The molecule has 0 aromatic rings. The van der Waals surface area contributed by atoms with Gasteiger partial charge in [0.25, 0.3) is 0 Å². The molecule has 1 heterocycles. The van der Waals surface area contributed by atoms with Gasteiger partial charge in [0.15, 0.2) is 0 Å². The monoisotopic (exact) mass is 130 g/mol. The highest BCUT2D eigenvalue weighted by molar-refractivity contribution is 5.88. The first-order valence-electron chi connectivity index (χ1n) is 2.49. The molecule has 0 aromatic carbocycles. The van der Waals surface area contributed by atoms with Gasteiger partial charge >= 0.3 is 5.97 Å². The van der Waals surface area contributed by atoms with Crippen molar-refractivity contribution in [3.05, 3.63) is 12.0 Å². The lowest BCUT2D eigenvalue weighted by atomic mass is 10.6. The van der Waals surface area contributed by atoms with Gasteiger partial charge in [-0.2, -0.15) is 0 Å². The first kappa shape index (κ1) is 6.10. The third-order valence-electron chi connectivity index (χ3n) is 0.761. The Kier molecular flexibility index (Phi) is 1.69. The SMILES string of the molecule is O=C(OCCO)C1=CO1. The zero-order chi connectivity index (χ0) is 6.69. The summed E-state index contributed by atoms with van der Waals surface area (Å²) >= 11 is 0. The number of carbonyl (C=O) groups excluding carboxylic acids is 1. The second-order valence-electron chi connectivity index (χ2n) is 1.46. The van der Waals surface area contributed by atoms with Crippen molar-refractivity contribution in [1.29, 1.82) is 0 Å². The molecule has 9 heavy (non-hydrogen) atoms. The van der Waals surface area contributed by atoms with Crippen molar-refractivity contribution in [2.24, 2.45) is 0 Å². The van der Waals surface area contributed by atoms with Crippen molar-refractivity contribution >= 4 is 5.97 Å². The fourth-order valence-electron chi connectivity index (χ4n) is 0.335. The lowest BCUT2D eigenvalue weighted by Crippen LogP contribution is -2.06. The van der Waals surface area contributed by atoms with E-state index in [1.54, 1.807) is 0 Å². The van der Waals surface area contributed by atoms with Crippen LogP contribution in [0.4, 0.5) is 0 Å². The third kappa shape index (κ3) is 1.73. The minimum Gasteiger partial charge on any atom is -0.457 e. The van der Waals surface area contributed by atoms with Gasteiger partial charge in [-0.05, 0) is 0 Å². The Labute approximate surface area is 51.7 Å². The first-order valence-corrected chi connectivity index (χ1v) is 2.49. The molecule has 0 fully saturated rings. The third-order valence-corrected chi connectivity index (χ3v) is 0.761. The molecule has 0 unspecified atom stereocenters. The molecule has 0 bridgehead atoms. The molecule has 1 aliphatic rings. The number of hydrogen-bond donors (Lipinski definition) is 1. The molecular weight excluding hydrogens is 124 g/mol. The number of carbonyl (C=O) groups is 1. The number of esters is 1. The Morgan fingerprint density at radius 2 is 2.56 bits per heavy atom. The van der Waals surface area contributed by atoms with Crippen LogP contribution in [-0.4, -0.2) is 24.3 Å². The maximum Gasteiger partial charge on any atom is 0.377 e. The van der Waals surface area contributed by atoms with E-state index in [-0.39, 0.29) is 19.0 Å². The number of ether oxygens (including phenoxy) is 2. The van der Waals surface area contributed by atoms with E-state index in [9.17, 15) is 4.79 Å². The van der Waals surface area contributed by atoms with Crippen LogP contribution in [-0.2, 0) is 14.3 Å². The number of rotatable bonds is 3. The van der Waals surface area contributed by atoms with Crippen LogP contribution in [0.1, 0.15) is 0 Å². The molecule has 1 rings (SSSR count). The molecule has 0 aliphatic carbocycles. The average molecular weight is 130 g/mol. The fourth-order valence-corrected chi connectivity index (χ4v) is 0.335. The summed E-state index contributed by atoms with van der Waals surface area (Å²) in [6.07, 6.45) is 1.29. The Hall–Kier alpha value is -1.03. The van der Waals surface area contributed by atoms with Crippen LogP contribution in [0.3, 0.4) is 0 Å². The first-order chi connectivity index (χ1) is 4.34. The maximum absolute atomic E-state index is 10.4. The van der Waals surface area contributed by atoms with Crippen LogP contribution < -0.4 is 0 Å². The highest BCUT2D eigenvalue weighted by Crippen LogP contribution is 2.13. The molecule has 0 atom stereocenters. The molecule has 1 N–H and O–H groups in total. The highest BCUT2D eigenvalue weighted by atomic mass is 16.6. The summed E-state index contributed by atoms with van der Waals surface area (Å²) in [5.41, 5.74) is 0. The Bertz CT molecular complexity index is 149. The normalized spacial score (nSPS) is 13.7. The summed E-state index contributed by atoms with van der Waals surface area (Å²) < 4.78 is 8.84. The maximum atomic E-state index is 10.4. The quantitative estimate of drug-likeness (QED) is 0.518. The van der Waals surface area contributed by atoms with Crippen LogP contribution in [0.5, 0.6) is 0 Å². The molecule has 50 valence electrons. The molecule has 0 amide bonds. The highest BCUT2D eigenvalue weighted by Gasteiger charge is 2.21. The standard InChI is InChI=1S/C5H6O4/c6-1-2-8-5(7)4-3-9-4/h3,6H,1-2H2. The van der Waals surface area contributed by atoms with Gasteiger partial charge in [0.2, 0.25) is 5.76 Å². The van der Waals surface area contributed by atoms with Crippen molar-refractivity contribution < 1.29 is 19.4 Å². The van der Waals surface area contributed by atoms with Gasteiger partial charge in [-0.15, -0.1) is 0 Å². The van der Waals surface area contributed by atoms with E-state index in [1.165, 1.54) is 6.26 Å². The van der Waals surface area contributed by atoms with E-state index in [4.69, 9.17) is 5.11 Å². The molecule has 0 aromatic heterocycles. The Morgan fingerprint density at radius 3 is 3.00 bits per heavy atom. The topological polar surface area (TPSA) is 59.1 Å². The van der Waals surface area contributed by atoms with Crippen LogP contribution in [0.15, 0.2) is 12.0 Å². The van der Waals surface area contributed by atoms with Crippen LogP contribution in [0.25, 0.3) is 0 Å². The Morgan fingerprint density at radius 1 is 1.89 bits per heavy atom. The van der Waals surface area contributed by atoms with E-state index < -0.39 is 5.97 Å². The largest absolute Gasteiger partial charge is 0.457 e. The Balaban J connectivity index is 2.11. The molecule has 4 nitrogen and oxygen atoms in total. The van der Waals surface area contributed by atoms with Crippen LogP contribution in [0, 0.1) is 0 Å². The smallest absolute Gasteiger partial charge is 0.377 e. The van der Waals surface area contributed by atoms with E-state index >= 15 is 0 Å². The van der Waals surface area contributed by atoms with Crippen molar-refractivity contribution in [2.45, 2.75) is 0 Å². The summed E-state index contributed by atoms with van der Waals surface area (Å²) in [6.45, 7) is -0.126. The van der Waals surface area contributed by atoms with E-state index in [1.807, 2.05) is 0 Å². The molecule has 1 aliphatic heterocycles. The predicted octanol–water partition coefficient (Wildman–Crippen LogP) is -0.607. The lowest BCUT2D eigenvalue weighted by molar-refractivity contribution is -0.141. The second-order valence-corrected chi connectivity index (χ2v) is 1.46. The van der Waals surface area contributed by atoms with E-state index in [2.05, 4.69) is 9.47 Å². The van der Waals surface area contributed by atoms with Crippen molar-refractivity contribution in [3.63, 3.8) is 0 Å².